The highest BCUT2D eigenvalue weighted by Gasteiger charge is 1.95. The first-order valence-corrected chi connectivity index (χ1v) is 6.95. The molecule has 0 fully saturated rings. The van der Waals surface area contributed by atoms with Crippen molar-refractivity contribution in [3.8, 4) is 5.75 Å². The molecular weight excluding hydrogens is 226 g/mol. The third-order valence-corrected chi connectivity index (χ3v) is 2.97. The van der Waals surface area contributed by atoms with Crippen molar-refractivity contribution in [1.29, 1.82) is 0 Å². The van der Waals surface area contributed by atoms with Crippen LogP contribution < -0.4 is 10.2 Å². The van der Waals surface area contributed by atoms with Crippen LogP contribution >= 0.6 is 0 Å². The smallest absolute Gasteiger partial charge is 0.119 e. The Morgan fingerprint density at radius 3 is 2.33 bits per heavy atom. The molecule has 18 heavy (non-hydrogen) atoms. The van der Waals surface area contributed by atoms with E-state index in [9.17, 15) is 0 Å². The van der Waals surface area contributed by atoms with Crippen molar-refractivity contribution in [1.82, 2.24) is 5.48 Å². The summed E-state index contributed by atoms with van der Waals surface area (Å²) in [5.41, 5.74) is 3.19. The maximum absolute atomic E-state index is 8.57. The van der Waals surface area contributed by atoms with Gasteiger partial charge in [-0.25, -0.2) is 5.48 Å². The molecule has 102 valence electrons. The number of hydroxylamine groups is 1. The number of hydrogen-bond acceptors (Lipinski definition) is 3. The van der Waals surface area contributed by atoms with Gasteiger partial charge >= 0.3 is 0 Å². The number of unbranched alkanes of at least 4 members (excludes halogenated alkanes) is 5. The van der Waals surface area contributed by atoms with Gasteiger partial charge in [-0.05, 0) is 24.1 Å². The van der Waals surface area contributed by atoms with Gasteiger partial charge in [-0.3, -0.25) is 0 Å². The molecule has 1 aromatic carbocycles. The number of ether oxygens (including phenoxy) is 1. The zero-order chi connectivity index (χ0) is 13.1. The monoisotopic (exact) mass is 251 g/mol. The Bertz CT molecular complexity index is 298. The molecule has 0 radical (unpaired) electrons. The summed E-state index contributed by atoms with van der Waals surface area (Å²) in [6, 6.07) is 7.81. The molecule has 1 aromatic rings. The summed E-state index contributed by atoms with van der Waals surface area (Å²) in [5, 5.41) is 8.57. The highest BCUT2D eigenvalue weighted by molar-refractivity contribution is 5.27. The summed E-state index contributed by atoms with van der Waals surface area (Å²) >= 11 is 0. The first-order chi connectivity index (χ1) is 8.86. The first-order valence-electron chi connectivity index (χ1n) is 6.95. The van der Waals surface area contributed by atoms with E-state index in [-0.39, 0.29) is 0 Å². The van der Waals surface area contributed by atoms with E-state index in [0.29, 0.717) is 6.54 Å². The van der Waals surface area contributed by atoms with Crippen LogP contribution in [-0.2, 0) is 6.54 Å². The summed E-state index contributed by atoms with van der Waals surface area (Å²) in [4.78, 5) is 0. The lowest BCUT2D eigenvalue weighted by molar-refractivity contribution is 0.161. The summed E-state index contributed by atoms with van der Waals surface area (Å²) in [6.45, 7) is 3.50. The lowest BCUT2D eigenvalue weighted by Gasteiger charge is -2.07. The molecule has 0 atom stereocenters. The van der Waals surface area contributed by atoms with Crippen LogP contribution in [0.15, 0.2) is 24.3 Å². The normalized spacial score (nSPS) is 10.6. The number of hydrogen-bond donors (Lipinski definition) is 2. The summed E-state index contributed by atoms with van der Waals surface area (Å²) in [5.74, 6) is 0.908. The van der Waals surface area contributed by atoms with Crippen LogP contribution in [-0.4, -0.2) is 11.8 Å². The van der Waals surface area contributed by atoms with Gasteiger partial charge in [0.15, 0.2) is 0 Å². The van der Waals surface area contributed by atoms with Crippen molar-refractivity contribution in [2.75, 3.05) is 6.61 Å². The van der Waals surface area contributed by atoms with E-state index < -0.39 is 0 Å². The topological polar surface area (TPSA) is 41.5 Å². The van der Waals surface area contributed by atoms with Crippen LogP contribution in [0.25, 0.3) is 0 Å². The second-order valence-corrected chi connectivity index (χ2v) is 4.60. The second-order valence-electron chi connectivity index (χ2n) is 4.60. The Balaban J connectivity index is 2.08. The third kappa shape index (κ3) is 6.62. The van der Waals surface area contributed by atoms with Gasteiger partial charge in [-0.15, -0.1) is 0 Å². The van der Waals surface area contributed by atoms with Gasteiger partial charge in [-0.1, -0.05) is 51.2 Å². The zero-order valence-corrected chi connectivity index (χ0v) is 11.3. The van der Waals surface area contributed by atoms with E-state index in [1.807, 2.05) is 24.3 Å². The molecule has 0 amide bonds. The maximum Gasteiger partial charge on any atom is 0.119 e. The average Bonchev–Trinajstić information content (AvgIpc) is 2.40. The molecule has 0 saturated carbocycles. The van der Waals surface area contributed by atoms with E-state index in [4.69, 9.17) is 9.94 Å². The lowest BCUT2D eigenvalue weighted by atomic mass is 10.1. The quantitative estimate of drug-likeness (QED) is 0.489. The fraction of sp³-hybridized carbons (Fsp3) is 0.600. The van der Waals surface area contributed by atoms with Gasteiger partial charge in [-0.2, -0.15) is 0 Å². The predicted octanol–water partition coefficient (Wildman–Crippen LogP) is 3.90. The molecule has 0 bridgehead atoms. The molecule has 3 nitrogen and oxygen atoms in total. The molecule has 0 spiro atoms. The third-order valence-electron chi connectivity index (χ3n) is 2.97. The molecule has 0 aliphatic carbocycles. The molecule has 0 saturated heterocycles. The predicted molar refractivity (Wildman–Crippen MR) is 73.9 cm³/mol. The van der Waals surface area contributed by atoms with Crippen molar-refractivity contribution in [2.45, 2.75) is 52.0 Å². The van der Waals surface area contributed by atoms with Gasteiger partial charge in [0, 0.05) is 6.54 Å². The van der Waals surface area contributed by atoms with Crippen LogP contribution in [0.2, 0.25) is 0 Å². The minimum Gasteiger partial charge on any atom is -0.494 e. The molecule has 1 rings (SSSR count). The Morgan fingerprint density at radius 2 is 1.67 bits per heavy atom. The SMILES string of the molecule is CCCCCCCCOc1ccc(CNO)cc1. The molecule has 0 aliphatic rings. The van der Waals surface area contributed by atoms with E-state index in [1.165, 1.54) is 32.1 Å². The van der Waals surface area contributed by atoms with Crippen molar-refractivity contribution in [3.63, 3.8) is 0 Å². The molecule has 0 aromatic heterocycles. The molecule has 0 aliphatic heterocycles. The fourth-order valence-corrected chi connectivity index (χ4v) is 1.87. The highest BCUT2D eigenvalue weighted by atomic mass is 16.5. The van der Waals surface area contributed by atoms with Gasteiger partial charge in [0.2, 0.25) is 0 Å². The van der Waals surface area contributed by atoms with Gasteiger partial charge in [0.05, 0.1) is 6.61 Å². The maximum atomic E-state index is 8.57. The van der Waals surface area contributed by atoms with Crippen LogP contribution in [0.3, 0.4) is 0 Å². The minimum absolute atomic E-state index is 0.470. The molecule has 0 unspecified atom stereocenters. The van der Waals surface area contributed by atoms with Gasteiger partial charge < -0.3 is 9.94 Å². The van der Waals surface area contributed by atoms with E-state index in [1.54, 1.807) is 0 Å². The van der Waals surface area contributed by atoms with Crippen molar-refractivity contribution in [2.24, 2.45) is 0 Å². The largest absolute Gasteiger partial charge is 0.494 e. The van der Waals surface area contributed by atoms with Crippen LogP contribution in [0, 0.1) is 0 Å². The Hall–Kier alpha value is -1.06. The minimum atomic E-state index is 0.470. The summed E-state index contributed by atoms with van der Waals surface area (Å²) in [7, 11) is 0. The van der Waals surface area contributed by atoms with Crippen LogP contribution in [0.1, 0.15) is 51.0 Å². The summed E-state index contributed by atoms with van der Waals surface area (Å²) in [6.07, 6.45) is 7.70. The summed E-state index contributed by atoms with van der Waals surface area (Å²) < 4.78 is 5.66. The molecule has 0 heterocycles. The van der Waals surface area contributed by atoms with Crippen molar-refractivity contribution >= 4 is 0 Å². The fourth-order valence-electron chi connectivity index (χ4n) is 1.87. The molecule has 3 heteroatoms. The molecule has 2 N–H and O–H groups in total. The van der Waals surface area contributed by atoms with E-state index in [0.717, 1.165) is 24.3 Å². The molecular formula is C15H25NO2. The second kappa shape index (κ2) is 9.92. The van der Waals surface area contributed by atoms with Crippen molar-refractivity contribution < 1.29 is 9.94 Å². The Kier molecular flexibility index (Phi) is 8.26. The zero-order valence-electron chi connectivity index (χ0n) is 11.3. The first kappa shape index (κ1) is 15.0. The highest BCUT2D eigenvalue weighted by Crippen LogP contribution is 2.13. The van der Waals surface area contributed by atoms with Crippen molar-refractivity contribution in [3.05, 3.63) is 29.8 Å². The Morgan fingerprint density at radius 1 is 1.00 bits per heavy atom. The van der Waals surface area contributed by atoms with E-state index in [2.05, 4.69) is 12.4 Å². The van der Waals surface area contributed by atoms with Gasteiger partial charge in [0.1, 0.15) is 5.75 Å². The van der Waals surface area contributed by atoms with E-state index >= 15 is 0 Å². The van der Waals surface area contributed by atoms with Crippen LogP contribution in [0.4, 0.5) is 0 Å². The van der Waals surface area contributed by atoms with Crippen LogP contribution in [0.5, 0.6) is 5.75 Å². The number of rotatable bonds is 10. The van der Waals surface area contributed by atoms with Gasteiger partial charge in [0.25, 0.3) is 0 Å². The number of nitrogens with one attached hydrogen (secondary N) is 1. The lowest BCUT2D eigenvalue weighted by Crippen LogP contribution is -2.05. The number of benzene rings is 1. The Labute approximate surface area is 110 Å². The average molecular weight is 251 g/mol. The standard InChI is InChI=1S/C15H25NO2/c1-2-3-4-5-6-7-12-18-15-10-8-14(9-11-15)13-16-17/h8-11,16-17H,2-7,12-13H2,1H3.